The molecule has 1 aliphatic heterocycles. The molecule has 4 rings (SSSR count). The molecule has 1 aromatic heterocycles. The number of rotatable bonds is 10. The van der Waals surface area contributed by atoms with Gasteiger partial charge in [0.05, 0.1) is 19.0 Å². The molecule has 1 saturated heterocycles. The summed E-state index contributed by atoms with van der Waals surface area (Å²) in [5.41, 5.74) is 0.984. The number of ether oxygens (including phenoxy) is 1. The van der Waals surface area contributed by atoms with Gasteiger partial charge in [-0.1, -0.05) is 33.8 Å². The summed E-state index contributed by atoms with van der Waals surface area (Å²) in [5.74, 6) is -0.624. The first kappa shape index (κ1) is 28.0. The van der Waals surface area contributed by atoms with Gasteiger partial charge in [0.1, 0.15) is 23.5 Å². The van der Waals surface area contributed by atoms with Crippen LogP contribution in [0.15, 0.2) is 24.3 Å². The van der Waals surface area contributed by atoms with Crippen molar-refractivity contribution >= 4 is 46.0 Å². The van der Waals surface area contributed by atoms with Crippen molar-refractivity contribution in [3.05, 3.63) is 30.0 Å². The van der Waals surface area contributed by atoms with E-state index in [1.807, 2.05) is 32.0 Å². The number of alkyl halides is 1. The van der Waals surface area contributed by atoms with E-state index in [2.05, 4.69) is 29.5 Å². The van der Waals surface area contributed by atoms with Crippen LogP contribution in [0.2, 0.25) is 0 Å². The summed E-state index contributed by atoms with van der Waals surface area (Å²) in [5, 5.41) is 6.44. The summed E-state index contributed by atoms with van der Waals surface area (Å²) in [6, 6.07) is 4.93. The number of aromatic nitrogens is 1. The van der Waals surface area contributed by atoms with Gasteiger partial charge in [0, 0.05) is 17.4 Å². The van der Waals surface area contributed by atoms with E-state index >= 15 is 0 Å². The Morgan fingerprint density at radius 1 is 1.18 bits per heavy atom. The number of carbonyl (C=O) groups excluding carboxylic acids is 4. The summed E-state index contributed by atoms with van der Waals surface area (Å²) in [4.78, 5) is 57.2. The second kappa shape index (κ2) is 10.6. The minimum atomic E-state index is -0.811. The lowest BCUT2D eigenvalue weighted by atomic mass is 9.97. The first-order valence-electron chi connectivity index (χ1n) is 13.1. The second-order valence-electron chi connectivity index (χ2n) is 11.5. The molecule has 10 heteroatoms. The number of hydrogen-bond donors (Lipinski definition) is 3. The van der Waals surface area contributed by atoms with Gasteiger partial charge in [0.25, 0.3) is 5.91 Å². The number of Topliss-reactive ketones (excluding diaryl/α,β-unsaturated/α-hetero) is 1. The van der Waals surface area contributed by atoms with Crippen molar-refractivity contribution < 1.29 is 23.9 Å². The smallest absolute Gasteiger partial charge is 0.268 e. The Balaban J connectivity index is 1.56. The van der Waals surface area contributed by atoms with Gasteiger partial charge in [-0.2, -0.15) is 0 Å². The minimum Gasteiger partial charge on any atom is -0.496 e. The average Bonchev–Trinajstić information content (AvgIpc) is 3.26. The third-order valence-electron chi connectivity index (χ3n) is 8.13. The molecule has 5 atom stereocenters. The van der Waals surface area contributed by atoms with Gasteiger partial charge >= 0.3 is 0 Å². The molecule has 1 unspecified atom stereocenters. The normalized spacial score (nSPS) is 23.1. The lowest BCUT2D eigenvalue weighted by Crippen LogP contribution is -2.57. The Morgan fingerprint density at radius 2 is 1.89 bits per heavy atom. The van der Waals surface area contributed by atoms with Crippen LogP contribution < -0.4 is 15.4 Å². The zero-order valence-corrected chi connectivity index (χ0v) is 23.5. The fraction of sp³-hybridized carbons (Fsp3) is 0.571. The quantitative estimate of drug-likeness (QED) is 0.397. The molecule has 1 aromatic carbocycles. The van der Waals surface area contributed by atoms with Crippen molar-refractivity contribution in [2.75, 3.05) is 19.5 Å². The van der Waals surface area contributed by atoms with E-state index in [0.717, 1.165) is 10.9 Å². The van der Waals surface area contributed by atoms with Crippen molar-refractivity contribution in [1.82, 2.24) is 20.5 Å². The van der Waals surface area contributed by atoms with Gasteiger partial charge in [-0.15, -0.1) is 11.6 Å². The van der Waals surface area contributed by atoms with E-state index < -0.39 is 24.0 Å². The molecule has 2 fully saturated rings. The summed E-state index contributed by atoms with van der Waals surface area (Å²) in [6.45, 7) is 10.2. The molecule has 1 saturated carbocycles. The van der Waals surface area contributed by atoms with Gasteiger partial charge in [0.15, 0.2) is 5.78 Å². The van der Waals surface area contributed by atoms with E-state index in [0.29, 0.717) is 24.4 Å². The highest BCUT2D eigenvalue weighted by Crippen LogP contribution is 2.64. The monoisotopic (exact) mass is 544 g/mol. The van der Waals surface area contributed by atoms with Gasteiger partial charge in [0.2, 0.25) is 11.8 Å². The molecule has 0 spiro atoms. The molecule has 9 nitrogen and oxygen atoms in total. The van der Waals surface area contributed by atoms with Crippen molar-refractivity contribution in [2.45, 2.75) is 59.2 Å². The van der Waals surface area contributed by atoms with Crippen LogP contribution >= 0.6 is 11.6 Å². The molecular weight excluding hydrogens is 508 g/mol. The van der Waals surface area contributed by atoms with E-state index in [4.69, 9.17) is 16.3 Å². The number of halogens is 1. The van der Waals surface area contributed by atoms with Crippen LogP contribution in [0, 0.1) is 23.2 Å². The summed E-state index contributed by atoms with van der Waals surface area (Å²) in [6.07, 6.45) is 0.416. The number of nitrogens with zero attached hydrogens (tertiary/aromatic N) is 1. The highest BCUT2D eigenvalue weighted by molar-refractivity contribution is 6.28. The number of methoxy groups -OCH3 is 1. The number of ketones is 1. The van der Waals surface area contributed by atoms with Crippen LogP contribution in [-0.2, 0) is 14.4 Å². The number of hydrogen-bond acceptors (Lipinski definition) is 5. The van der Waals surface area contributed by atoms with Crippen LogP contribution in [0.3, 0.4) is 0 Å². The van der Waals surface area contributed by atoms with Crippen LogP contribution in [0.4, 0.5) is 0 Å². The molecule has 2 aliphatic rings. The maximum atomic E-state index is 13.9. The number of benzene rings is 1. The zero-order valence-electron chi connectivity index (χ0n) is 22.8. The van der Waals surface area contributed by atoms with Crippen molar-refractivity contribution in [2.24, 2.45) is 23.2 Å². The van der Waals surface area contributed by atoms with E-state index in [-0.39, 0.29) is 46.6 Å². The number of carbonyl (C=O) groups is 4. The van der Waals surface area contributed by atoms with E-state index in [1.54, 1.807) is 25.0 Å². The third-order valence-corrected chi connectivity index (χ3v) is 8.40. The lowest BCUT2D eigenvalue weighted by Gasteiger charge is -2.34. The van der Waals surface area contributed by atoms with E-state index in [9.17, 15) is 19.2 Å². The predicted molar refractivity (Wildman–Crippen MR) is 145 cm³/mol. The van der Waals surface area contributed by atoms with E-state index in [1.165, 1.54) is 0 Å². The topological polar surface area (TPSA) is 121 Å². The number of H-pyrrole nitrogens is 1. The summed E-state index contributed by atoms with van der Waals surface area (Å²) in [7, 11) is 1.57. The molecule has 2 heterocycles. The largest absolute Gasteiger partial charge is 0.496 e. The molecular formula is C28H37ClN4O5. The van der Waals surface area contributed by atoms with Gasteiger partial charge < -0.3 is 25.3 Å². The summed E-state index contributed by atoms with van der Waals surface area (Å²) >= 11 is 5.67. The van der Waals surface area contributed by atoms with Gasteiger partial charge in [-0.25, -0.2) is 0 Å². The maximum Gasteiger partial charge on any atom is 0.268 e. The third kappa shape index (κ3) is 5.13. The Hall–Kier alpha value is -3.07. The SMILES string of the molecule is COc1cccc2[nH]c(C(=O)N[C@@H](CC(C)C)C(=O)N3C[C@H]4[C@@H]([C@H]3C(=O)NC(C)C(=O)CCl)C4(C)C)cc12. The molecule has 3 amide bonds. The first-order chi connectivity index (χ1) is 17.9. The highest BCUT2D eigenvalue weighted by Gasteiger charge is 2.69. The number of aromatic amines is 1. The highest BCUT2D eigenvalue weighted by atomic mass is 35.5. The van der Waals surface area contributed by atoms with Crippen LogP contribution in [-0.4, -0.2) is 71.0 Å². The molecule has 3 N–H and O–H groups in total. The fourth-order valence-corrected chi connectivity index (χ4v) is 6.10. The Kier molecular flexibility index (Phi) is 7.79. The fourth-order valence-electron chi connectivity index (χ4n) is 5.86. The number of likely N-dealkylation sites (tertiary alicyclic amines) is 1. The molecule has 0 bridgehead atoms. The predicted octanol–water partition coefficient (Wildman–Crippen LogP) is 3.12. The maximum absolute atomic E-state index is 13.9. The second-order valence-corrected chi connectivity index (χ2v) is 11.7. The zero-order chi connectivity index (χ0) is 27.9. The molecule has 38 heavy (non-hydrogen) atoms. The molecule has 1 aliphatic carbocycles. The minimum absolute atomic E-state index is 0.0127. The Morgan fingerprint density at radius 3 is 2.53 bits per heavy atom. The van der Waals surface area contributed by atoms with Crippen molar-refractivity contribution in [1.29, 1.82) is 0 Å². The number of piperidine rings is 1. The van der Waals surface area contributed by atoms with Crippen LogP contribution in [0.1, 0.15) is 51.5 Å². The Labute approximate surface area is 228 Å². The first-order valence-corrected chi connectivity index (χ1v) is 13.6. The van der Waals surface area contributed by atoms with Crippen LogP contribution in [0.5, 0.6) is 5.75 Å². The standard InChI is InChI=1S/C28H37ClN4O5/c1-14(2)10-20(32-25(35)19-11-16-18(31-19)8-7-9-22(16)38-6)27(37)33-13-17-23(28(17,4)5)24(33)26(36)30-15(3)21(34)12-29/h7-9,11,14-15,17,20,23-24,31H,10,12-13H2,1-6H3,(H,30,36)(H,32,35)/t15?,17-,20-,23-,24-/m0/s1. The number of nitrogens with one attached hydrogen (secondary N) is 3. The molecule has 206 valence electrons. The molecule has 2 aromatic rings. The van der Waals surface area contributed by atoms with Crippen molar-refractivity contribution in [3.8, 4) is 5.75 Å². The molecule has 0 radical (unpaired) electrons. The van der Waals surface area contributed by atoms with Gasteiger partial charge in [-0.05, 0) is 54.7 Å². The lowest BCUT2D eigenvalue weighted by molar-refractivity contribution is -0.142. The van der Waals surface area contributed by atoms with Crippen molar-refractivity contribution in [3.63, 3.8) is 0 Å². The van der Waals surface area contributed by atoms with Crippen LogP contribution in [0.25, 0.3) is 10.9 Å². The average molecular weight is 545 g/mol. The van der Waals surface area contributed by atoms with Gasteiger partial charge in [-0.3, -0.25) is 19.2 Å². The number of fused-ring (bicyclic) bond motifs is 2. The summed E-state index contributed by atoms with van der Waals surface area (Å²) < 4.78 is 5.40. The Bertz CT molecular complexity index is 1260. The number of amides is 3.